The van der Waals surface area contributed by atoms with E-state index in [9.17, 15) is 9.59 Å². The van der Waals surface area contributed by atoms with Crippen molar-refractivity contribution in [2.75, 3.05) is 39.9 Å². The molecule has 2 aliphatic heterocycles. The van der Waals surface area contributed by atoms with Gasteiger partial charge in [0.1, 0.15) is 12.7 Å². The number of nitrogens with zero attached hydrogens (tertiary/aromatic N) is 5. The Morgan fingerprint density at radius 2 is 2.20 bits per heavy atom. The summed E-state index contributed by atoms with van der Waals surface area (Å²) in [5.74, 6) is 0.368. The summed E-state index contributed by atoms with van der Waals surface area (Å²) in [5, 5.41) is 4.04. The highest BCUT2D eigenvalue weighted by atomic mass is 16.5. The van der Waals surface area contributed by atoms with Crippen molar-refractivity contribution >= 4 is 11.8 Å². The first kappa shape index (κ1) is 17.8. The van der Waals surface area contributed by atoms with Crippen LogP contribution in [0.1, 0.15) is 32.1 Å². The smallest absolute Gasteiger partial charge is 0.224 e. The summed E-state index contributed by atoms with van der Waals surface area (Å²) >= 11 is 0. The number of hydrogen-bond acceptors (Lipinski definition) is 5. The summed E-state index contributed by atoms with van der Waals surface area (Å²) in [6, 6.07) is 0. The molecule has 25 heavy (non-hydrogen) atoms. The molecule has 2 amide bonds. The average Bonchev–Trinajstić information content (AvgIpc) is 3.14. The minimum absolute atomic E-state index is 0.0445. The lowest BCUT2D eigenvalue weighted by atomic mass is 9.73. The third kappa shape index (κ3) is 4.36. The van der Waals surface area contributed by atoms with Gasteiger partial charge >= 0.3 is 0 Å². The van der Waals surface area contributed by atoms with Gasteiger partial charge in [-0.25, -0.2) is 4.98 Å². The highest BCUT2D eigenvalue weighted by Crippen LogP contribution is 2.39. The first-order chi connectivity index (χ1) is 12.1. The van der Waals surface area contributed by atoms with Crippen LogP contribution in [-0.2, 0) is 20.9 Å². The SMILES string of the molecule is COCCN1CC2(CCCN(C(=O)CCn3cncn3)C2)CCC1=O. The van der Waals surface area contributed by atoms with Crippen LogP contribution in [0.4, 0.5) is 0 Å². The van der Waals surface area contributed by atoms with E-state index in [0.29, 0.717) is 32.5 Å². The highest BCUT2D eigenvalue weighted by Gasteiger charge is 2.42. The molecule has 0 saturated carbocycles. The Hall–Kier alpha value is -1.96. The monoisotopic (exact) mass is 349 g/mol. The van der Waals surface area contributed by atoms with E-state index in [0.717, 1.165) is 38.9 Å². The minimum atomic E-state index is 0.0445. The van der Waals surface area contributed by atoms with Crippen molar-refractivity contribution in [1.82, 2.24) is 24.6 Å². The van der Waals surface area contributed by atoms with Gasteiger partial charge in [0.05, 0.1) is 13.2 Å². The number of aromatic nitrogens is 3. The molecule has 3 rings (SSSR count). The number of hydrogen-bond donors (Lipinski definition) is 0. The van der Waals surface area contributed by atoms with Crippen molar-refractivity contribution in [1.29, 1.82) is 0 Å². The number of amides is 2. The van der Waals surface area contributed by atoms with Crippen LogP contribution in [0, 0.1) is 5.41 Å². The number of carbonyl (C=O) groups is 2. The van der Waals surface area contributed by atoms with Crippen LogP contribution in [0.2, 0.25) is 0 Å². The largest absolute Gasteiger partial charge is 0.383 e. The molecule has 0 N–H and O–H groups in total. The van der Waals surface area contributed by atoms with Gasteiger partial charge in [0.2, 0.25) is 11.8 Å². The number of piperidine rings is 2. The second-order valence-corrected chi connectivity index (χ2v) is 7.14. The van der Waals surface area contributed by atoms with Crippen LogP contribution in [0.15, 0.2) is 12.7 Å². The topological polar surface area (TPSA) is 80.6 Å². The van der Waals surface area contributed by atoms with Crippen molar-refractivity contribution in [3.8, 4) is 0 Å². The van der Waals surface area contributed by atoms with E-state index in [1.807, 2.05) is 9.80 Å². The fraction of sp³-hybridized carbons (Fsp3) is 0.765. The first-order valence-corrected chi connectivity index (χ1v) is 8.99. The van der Waals surface area contributed by atoms with E-state index in [4.69, 9.17) is 4.74 Å². The summed E-state index contributed by atoms with van der Waals surface area (Å²) in [6.45, 7) is 4.05. The van der Waals surface area contributed by atoms with Gasteiger partial charge < -0.3 is 14.5 Å². The standard InChI is InChI=1S/C17H27N5O3/c1-25-10-9-21-12-17(6-3-15(21)23)5-2-7-20(11-17)16(24)4-8-22-14-18-13-19-22/h13-14H,2-12H2,1H3. The van der Waals surface area contributed by atoms with Crippen molar-refractivity contribution in [2.45, 2.75) is 38.6 Å². The summed E-state index contributed by atoms with van der Waals surface area (Å²) in [4.78, 5) is 32.5. The minimum Gasteiger partial charge on any atom is -0.383 e. The molecule has 2 fully saturated rings. The van der Waals surface area contributed by atoms with E-state index in [1.165, 1.54) is 6.33 Å². The van der Waals surface area contributed by atoms with Crippen LogP contribution in [0.5, 0.6) is 0 Å². The number of methoxy groups -OCH3 is 1. The Morgan fingerprint density at radius 1 is 1.32 bits per heavy atom. The molecule has 3 heterocycles. The van der Waals surface area contributed by atoms with Gasteiger partial charge in [-0.3, -0.25) is 14.3 Å². The van der Waals surface area contributed by atoms with Crippen molar-refractivity contribution in [3.05, 3.63) is 12.7 Å². The number of aryl methyl sites for hydroxylation is 1. The lowest BCUT2D eigenvalue weighted by Crippen LogP contribution is -2.55. The molecule has 1 aromatic heterocycles. The van der Waals surface area contributed by atoms with Gasteiger partial charge in [0, 0.05) is 51.5 Å². The zero-order valence-corrected chi connectivity index (χ0v) is 14.9. The van der Waals surface area contributed by atoms with Gasteiger partial charge in [0.25, 0.3) is 0 Å². The maximum atomic E-state index is 12.6. The molecule has 1 atom stereocenters. The molecular weight excluding hydrogens is 322 g/mol. The molecule has 0 radical (unpaired) electrons. The number of rotatable bonds is 6. The molecule has 8 heteroatoms. The Kier molecular flexibility index (Phi) is 5.67. The molecule has 0 aliphatic carbocycles. The molecular formula is C17H27N5O3. The lowest BCUT2D eigenvalue weighted by Gasteiger charge is -2.48. The fourth-order valence-electron chi connectivity index (χ4n) is 3.98. The number of ether oxygens (including phenoxy) is 1. The molecule has 138 valence electrons. The van der Waals surface area contributed by atoms with Crippen molar-refractivity contribution < 1.29 is 14.3 Å². The molecule has 1 unspecified atom stereocenters. The fourth-order valence-corrected chi connectivity index (χ4v) is 3.98. The van der Waals surface area contributed by atoms with E-state index >= 15 is 0 Å². The highest BCUT2D eigenvalue weighted by molar-refractivity contribution is 5.78. The summed E-state index contributed by atoms with van der Waals surface area (Å²) in [6.07, 6.45) is 7.08. The summed E-state index contributed by atoms with van der Waals surface area (Å²) < 4.78 is 6.81. The molecule has 1 aromatic rings. The number of carbonyl (C=O) groups excluding carboxylic acids is 2. The molecule has 2 saturated heterocycles. The molecule has 8 nitrogen and oxygen atoms in total. The van der Waals surface area contributed by atoms with Gasteiger partial charge in [-0.1, -0.05) is 0 Å². The molecule has 2 aliphatic rings. The Bertz CT molecular complexity index is 591. The summed E-state index contributed by atoms with van der Waals surface area (Å²) in [7, 11) is 1.65. The first-order valence-electron chi connectivity index (χ1n) is 8.99. The maximum absolute atomic E-state index is 12.6. The zero-order chi connectivity index (χ0) is 17.7. The zero-order valence-electron chi connectivity index (χ0n) is 14.9. The van der Waals surface area contributed by atoms with E-state index < -0.39 is 0 Å². The molecule has 0 aromatic carbocycles. The Morgan fingerprint density at radius 3 is 2.96 bits per heavy atom. The third-order valence-electron chi connectivity index (χ3n) is 5.35. The molecule has 1 spiro atoms. The summed E-state index contributed by atoms with van der Waals surface area (Å²) in [5.41, 5.74) is 0.0445. The maximum Gasteiger partial charge on any atom is 0.224 e. The van der Waals surface area contributed by atoms with E-state index in [2.05, 4.69) is 10.1 Å². The van der Waals surface area contributed by atoms with E-state index in [1.54, 1.807) is 18.1 Å². The van der Waals surface area contributed by atoms with E-state index in [-0.39, 0.29) is 17.2 Å². The normalized spacial score (nSPS) is 24.1. The Labute approximate surface area is 148 Å². The lowest BCUT2D eigenvalue weighted by molar-refractivity contribution is -0.143. The quantitative estimate of drug-likeness (QED) is 0.749. The number of likely N-dealkylation sites (tertiary alicyclic amines) is 2. The third-order valence-corrected chi connectivity index (χ3v) is 5.35. The van der Waals surface area contributed by atoms with Crippen LogP contribution in [0.3, 0.4) is 0 Å². The van der Waals surface area contributed by atoms with Gasteiger partial charge in [-0.2, -0.15) is 5.10 Å². The van der Waals surface area contributed by atoms with Gasteiger partial charge in [-0.05, 0) is 19.3 Å². The van der Waals surface area contributed by atoms with Gasteiger partial charge in [0.15, 0.2) is 0 Å². The second-order valence-electron chi connectivity index (χ2n) is 7.14. The van der Waals surface area contributed by atoms with Crippen LogP contribution in [0.25, 0.3) is 0 Å². The van der Waals surface area contributed by atoms with Crippen LogP contribution < -0.4 is 0 Å². The predicted molar refractivity (Wildman–Crippen MR) is 90.6 cm³/mol. The van der Waals surface area contributed by atoms with Crippen molar-refractivity contribution in [3.63, 3.8) is 0 Å². The Balaban J connectivity index is 1.57. The van der Waals surface area contributed by atoms with Gasteiger partial charge in [-0.15, -0.1) is 0 Å². The van der Waals surface area contributed by atoms with Crippen molar-refractivity contribution in [2.24, 2.45) is 5.41 Å². The van der Waals surface area contributed by atoms with Crippen LogP contribution in [-0.4, -0.2) is 76.3 Å². The average molecular weight is 349 g/mol. The predicted octanol–water partition coefficient (Wildman–Crippen LogP) is 0.546. The second kappa shape index (κ2) is 7.95. The molecule has 0 bridgehead atoms. The van der Waals surface area contributed by atoms with Crippen LogP contribution >= 0.6 is 0 Å².